The van der Waals surface area contributed by atoms with Gasteiger partial charge in [0.25, 0.3) is 0 Å². The molecule has 0 heterocycles. The molecule has 2 nitrogen and oxygen atoms in total. The number of hydrogen-bond donors (Lipinski definition) is 2. The smallest absolute Gasteiger partial charge is 0.0568 e. The molecule has 3 saturated carbocycles. The van der Waals surface area contributed by atoms with Gasteiger partial charge < -0.3 is 10.2 Å². The van der Waals surface area contributed by atoms with E-state index in [9.17, 15) is 10.2 Å². The highest BCUT2D eigenvalue weighted by Crippen LogP contribution is 2.65. The van der Waals surface area contributed by atoms with Crippen LogP contribution in [0.4, 0.5) is 0 Å². The zero-order valence-electron chi connectivity index (χ0n) is 21.0. The molecule has 0 aromatic heterocycles. The molecule has 0 saturated heterocycles. The summed E-state index contributed by atoms with van der Waals surface area (Å²) in [7, 11) is 0. The Morgan fingerprint density at radius 2 is 1.81 bits per heavy atom. The summed E-state index contributed by atoms with van der Waals surface area (Å²) >= 11 is 0. The number of rotatable bonds is 7. The van der Waals surface area contributed by atoms with Crippen molar-refractivity contribution < 1.29 is 10.2 Å². The van der Waals surface area contributed by atoms with Crippen LogP contribution < -0.4 is 0 Å². The van der Waals surface area contributed by atoms with Gasteiger partial charge in [0.15, 0.2) is 0 Å². The molecule has 0 spiro atoms. The van der Waals surface area contributed by atoms with Crippen LogP contribution in [0.2, 0.25) is 0 Å². The molecule has 0 aliphatic heterocycles. The molecule has 178 valence electrons. The van der Waals surface area contributed by atoms with E-state index in [0.29, 0.717) is 29.1 Å². The van der Waals surface area contributed by atoms with Crippen molar-refractivity contribution in [2.24, 2.45) is 52.8 Å². The Morgan fingerprint density at radius 3 is 2.52 bits per heavy atom. The normalized spacial score (nSPS) is 42.9. The second-order valence-corrected chi connectivity index (χ2v) is 12.7. The van der Waals surface area contributed by atoms with E-state index < -0.39 is 0 Å². The van der Waals surface area contributed by atoms with Crippen LogP contribution in [0.3, 0.4) is 0 Å². The van der Waals surface area contributed by atoms with E-state index >= 15 is 0 Å². The SMILES string of the molecule is CC[C@H](O)C1CCC2=CC[C@@H]3[C@H](CC[C@]4(C)[C@@H]([C@H](C)[C@H](O)CCC(C)C)CC[C@@H]34)[C@H]2C1. The zero-order valence-corrected chi connectivity index (χ0v) is 21.0. The van der Waals surface area contributed by atoms with Crippen LogP contribution in [-0.4, -0.2) is 22.4 Å². The number of allylic oxidation sites excluding steroid dienone is 2. The van der Waals surface area contributed by atoms with E-state index in [1.54, 1.807) is 5.57 Å². The summed E-state index contributed by atoms with van der Waals surface area (Å²) in [6.07, 6.45) is 15.8. The van der Waals surface area contributed by atoms with Gasteiger partial charge in [-0.3, -0.25) is 0 Å². The van der Waals surface area contributed by atoms with Crippen LogP contribution in [0.5, 0.6) is 0 Å². The lowest BCUT2D eigenvalue weighted by Gasteiger charge is -2.55. The highest BCUT2D eigenvalue weighted by molar-refractivity contribution is 5.20. The number of aliphatic hydroxyl groups is 2. The lowest BCUT2D eigenvalue weighted by molar-refractivity contribution is -0.0499. The van der Waals surface area contributed by atoms with Crippen LogP contribution in [0.25, 0.3) is 0 Å². The van der Waals surface area contributed by atoms with E-state index in [4.69, 9.17) is 0 Å². The third-order valence-corrected chi connectivity index (χ3v) is 10.8. The molecule has 0 aromatic carbocycles. The van der Waals surface area contributed by atoms with Gasteiger partial charge in [-0.2, -0.15) is 0 Å². The molecule has 10 atom stereocenters. The molecule has 3 fully saturated rings. The zero-order chi connectivity index (χ0) is 22.3. The monoisotopic (exact) mass is 430 g/mol. The third kappa shape index (κ3) is 4.42. The van der Waals surface area contributed by atoms with Crippen molar-refractivity contribution in [2.75, 3.05) is 0 Å². The third-order valence-electron chi connectivity index (χ3n) is 10.8. The molecule has 4 rings (SSSR count). The second-order valence-electron chi connectivity index (χ2n) is 12.7. The molecule has 0 bridgehead atoms. The minimum absolute atomic E-state index is 0.0974. The molecule has 31 heavy (non-hydrogen) atoms. The molecule has 1 unspecified atom stereocenters. The van der Waals surface area contributed by atoms with E-state index in [-0.39, 0.29) is 12.2 Å². The highest BCUT2D eigenvalue weighted by Gasteiger charge is 2.57. The molecular weight excluding hydrogens is 380 g/mol. The quantitative estimate of drug-likeness (QED) is 0.427. The van der Waals surface area contributed by atoms with Gasteiger partial charge in [0.2, 0.25) is 0 Å². The van der Waals surface area contributed by atoms with Gasteiger partial charge in [0.05, 0.1) is 12.2 Å². The molecule has 0 amide bonds. The van der Waals surface area contributed by atoms with Crippen LogP contribution in [0.15, 0.2) is 11.6 Å². The minimum atomic E-state index is -0.131. The number of hydrogen-bond acceptors (Lipinski definition) is 2. The van der Waals surface area contributed by atoms with Crippen LogP contribution in [-0.2, 0) is 0 Å². The molecular formula is C29H50O2. The van der Waals surface area contributed by atoms with Crippen molar-refractivity contribution >= 4 is 0 Å². The van der Waals surface area contributed by atoms with E-state index in [1.165, 1.54) is 51.4 Å². The summed E-state index contributed by atoms with van der Waals surface area (Å²) in [5.74, 6) is 5.59. The topological polar surface area (TPSA) is 40.5 Å². The van der Waals surface area contributed by atoms with Crippen molar-refractivity contribution in [3.8, 4) is 0 Å². The summed E-state index contributed by atoms with van der Waals surface area (Å²) in [5, 5.41) is 21.5. The summed E-state index contributed by atoms with van der Waals surface area (Å²) in [6.45, 7) is 11.6. The Bertz CT molecular complexity index is 639. The average Bonchev–Trinajstić information content (AvgIpc) is 3.12. The summed E-state index contributed by atoms with van der Waals surface area (Å²) < 4.78 is 0. The molecule has 4 aliphatic carbocycles. The Hall–Kier alpha value is -0.340. The standard InChI is InChI=1S/C29H50O2/c1-6-27(30)21-9-8-20-10-11-23-22(24(20)17-21)15-16-29(5)25(12-13-26(23)29)19(4)28(31)14-7-18(2)3/h10,18-19,21-28,30-31H,6-9,11-17H2,1-5H3/t19-,21?,22-,23+,24-,25+,26-,27-,28+,29+/m0/s1. The van der Waals surface area contributed by atoms with Gasteiger partial charge in [0, 0.05) is 0 Å². The average molecular weight is 431 g/mol. The van der Waals surface area contributed by atoms with Gasteiger partial charge in [-0.15, -0.1) is 0 Å². The van der Waals surface area contributed by atoms with Gasteiger partial charge >= 0.3 is 0 Å². The van der Waals surface area contributed by atoms with Gasteiger partial charge in [-0.1, -0.05) is 46.3 Å². The van der Waals surface area contributed by atoms with E-state index in [1.807, 2.05) is 0 Å². The van der Waals surface area contributed by atoms with Crippen molar-refractivity contribution in [1.29, 1.82) is 0 Å². The van der Waals surface area contributed by atoms with Crippen LogP contribution in [0, 0.1) is 52.8 Å². The lowest BCUT2D eigenvalue weighted by Crippen LogP contribution is -2.48. The van der Waals surface area contributed by atoms with Gasteiger partial charge in [0.1, 0.15) is 0 Å². The maximum Gasteiger partial charge on any atom is 0.0568 e. The van der Waals surface area contributed by atoms with Gasteiger partial charge in [-0.05, 0) is 123 Å². The lowest BCUT2D eigenvalue weighted by atomic mass is 9.50. The predicted octanol–water partition coefficient (Wildman–Crippen LogP) is 7.00. The minimum Gasteiger partial charge on any atom is -0.393 e. The molecule has 0 radical (unpaired) electrons. The maximum atomic E-state index is 11.0. The molecule has 4 aliphatic rings. The first-order valence-electron chi connectivity index (χ1n) is 13.8. The highest BCUT2D eigenvalue weighted by atomic mass is 16.3. The Morgan fingerprint density at radius 1 is 1.03 bits per heavy atom. The predicted molar refractivity (Wildman–Crippen MR) is 130 cm³/mol. The molecule has 2 N–H and O–H groups in total. The first-order chi connectivity index (χ1) is 14.8. The maximum absolute atomic E-state index is 11.0. The van der Waals surface area contributed by atoms with Crippen molar-refractivity contribution in [2.45, 2.75) is 117 Å². The first kappa shape index (κ1) is 23.8. The Kier molecular flexibility index (Phi) is 7.29. The second kappa shape index (κ2) is 9.49. The number of fused-ring (bicyclic) bond motifs is 5. The Balaban J connectivity index is 1.47. The van der Waals surface area contributed by atoms with Crippen LogP contribution >= 0.6 is 0 Å². The fourth-order valence-corrected chi connectivity index (χ4v) is 8.90. The molecule has 2 heteroatoms. The van der Waals surface area contributed by atoms with E-state index in [2.05, 4.69) is 40.7 Å². The summed E-state index contributed by atoms with van der Waals surface area (Å²) in [4.78, 5) is 0. The van der Waals surface area contributed by atoms with Crippen LogP contribution in [0.1, 0.15) is 105 Å². The van der Waals surface area contributed by atoms with Crippen molar-refractivity contribution in [1.82, 2.24) is 0 Å². The largest absolute Gasteiger partial charge is 0.393 e. The molecule has 0 aromatic rings. The first-order valence-corrected chi connectivity index (χ1v) is 13.8. The summed E-state index contributed by atoms with van der Waals surface area (Å²) in [5.41, 5.74) is 2.17. The fraction of sp³-hybridized carbons (Fsp3) is 0.931. The van der Waals surface area contributed by atoms with Crippen molar-refractivity contribution in [3.05, 3.63) is 11.6 Å². The van der Waals surface area contributed by atoms with Crippen molar-refractivity contribution in [3.63, 3.8) is 0 Å². The summed E-state index contributed by atoms with van der Waals surface area (Å²) in [6, 6.07) is 0. The van der Waals surface area contributed by atoms with E-state index in [0.717, 1.165) is 42.9 Å². The Labute approximate surface area is 192 Å². The number of aliphatic hydroxyl groups excluding tert-OH is 2. The van der Waals surface area contributed by atoms with Gasteiger partial charge in [-0.25, -0.2) is 0 Å². The fourth-order valence-electron chi connectivity index (χ4n) is 8.90.